The maximum absolute atomic E-state index is 12.3. The van der Waals surface area contributed by atoms with Crippen LogP contribution in [-0.2, 0) is 0 Å². The van der Waals surface area contributed by atoms with Gasteiger partial charge in [-0.05, 0) is 24.6 Å². The number of rotatable bonds is 1. The van der Waals surface area contributed by atoms with E-state index in [1.54, 1.807) is 17.0 Å². The Hall–Kier alpha value is -2.07. The quantitative estimate of drug-likeness (QED) is 0.836. The molecular weight excluding hydrogens is 230 g/mol. The molecule has 0 bridgehead atoms. The highest BCUT2D eigenvalue weighted by Crippen LogP contribution is 2.34. The Balaban J connectivity index is 2.00. The van der Waals surface area contributed by atoms with Crippen LogP contribution in [0.15, 0.2) is 47.1 Å². The molecule has 4 nitrogen and oxygen atoms in total. The van der Waals surface area contributed by atoms with Crippen molar-refractivity contribution >= 4 is 11.6 Å². The molecule has 1 amide bonds. The van der Waals surface area contributed by atoms with Crippen molar-refractivity contribution in [1.82, 2.24) is 0 Å². The van der Waals surface area contributed by atoms with Crippen LogP contribution in [0, 0.1) is 0 Å². The second-order valence-corrected chi connectivity index (χ2v) is 4.30. The molecule has 0 saturated carbocycles. The van der Waals surface area contributed by atoms with Gasteiger partial charge in [0.2, 0.25) is 0 Å². The first kappa shape index (κ1) is 11.0. The van der Waals surface area contributed by atoms with E-state index < -0.39 is 6.10 Å². The second-order valence-electron chi connectivity index (χ2n) is 4.30. The van der Waals surface area contributed by atoms with Crippen LogP contribution in [0.25, 0.3) is 0 Å². The number of fused-ring (bicyclic) bond motifs is 1. The molecule has 2 heterocycles. The van der Waals surface area contributed by atoms with Crippen LogP contribution < -0.4 is 4.90 Å². The number of anilines is 1. The predicted octanol–water partition coefficient (Wildman–Crippen LogP) is 2.36. The van der Waals surface area contributed by atoms with Crippen molar-refractivity contribution in [3.8, 4) is 0 Å². The lowest BCUT2D eigenvalue weighted by Crippen LogP contribution is -2.36. The van der Waals surface area contributed by atoms with Crippen LogP contribution in [0.4, 0.5) is 5.69 Å². The summed E-state index contributed by atoms with van der Waals surface area (Å²) in [4.78, 5) is 13.9. The fourth-order valence-electron chi connectivity index (χ4n) is 2.29. The summed E-state index contributed by atoms with van der Waals surface area (Å²) in [7, 11) is 0. The maximum atomic E-state index is 12.3. The van der Waals surface area contributed by atoms with Crippen LogP contribution in [0.3, 0.4) is 0 Å². The summed E-state index contributed by atoms with van der Waals surface area (Å²) >= 11 is 0. The van der Waals surface area contributed by atoms with Crippen LogP contribution in [0.5, 0.6) is 0 Å². The van der Waals surface area contributed by atoms with Gasteiger partial charge >= 0.3 is 0 Å². The van der Waals surface area contributed by atoms with Gasteiger partial charge in [-0.15, -0.1) is 0 Å². The van der Waals surface area contributed by atoms with E-state index in [0.717, 1.165) is 11.3 Å². The number of nitrogens with zero attached hydrogens (tertiary/aromatic N) is 1. The monoisotopic (exact) mass is 243 g/mol. The zero-order valence-electron chi connectivity index (χ0n) is 9.74. The molecule has 0 spiro atoms. The topological polar surface area (TPSA) is 53.7 Å². The molecule has 92 valence electrons. The van der Waals surface area contributed by atoms with E-state index >= 15 is 0 Å². The summed E-state index contributed by atoms with van der Waals surface area (Å²) in [5.74, 6) is 0.153. The highest BCUT2D eigenvalue weighted by atomic mass is 16.3. The maximum Gasteiger partial charge on any atom is 0.293 e. The average Bonchev–Trinajstić information content (AvgIpc) is 2.93. The molecule has 0 aliphatic carbocycles. The van der Waals surface area contributed by atoms with Crippen molar-refractivity contribution in [2.24, 2.45) is 0 Å². The SMILES string of the molecule is O=C(c1ccco1)N1CCC(O)c2ccccc21. The number of hydrogen-bond donors (Lipinski definition) is 1. The van der Waals surface area contributed by atoms with Gasteiger partial charge in [-0.25, -0.2) is 0 Å². The van der Waals surface area contributed by atoms with Gasteiger partial charge < -0.3 is 14.4 Å². The summed E-state index contributed by atoms with van der Waals surface area (Å²) in [6.07, 6.45) is 1.53. The van der Waals surface area contributed by atoms with Crippen molar-refractivity contribution in [2.75, 3.05) is 11.4 Å². The Kier molecular flexibility index (Phi) is 2.64. The minimum atomic E-state index is -0.498. The number of carbonyl (C=O) groups excluding carboxylic acids is 1. The Morgan fingerprint density at radius 2 is 2.11 bits per heavy atom. The fraction of sp³-hybridized carbons (Fsp3) is 0.214. The zero-order chi connectivity index (χ0) is 12.5. The zero-order valence-corrected chi connectivity index (χ0v) is 9.74. The molecule has 1 aliphatic heterocycles. The predicted molar refractivity (Wildman–Crippen MR) is 66.4 cm³/mol. The van der Waals surface area contributed by atoms with E-state index in [9.17, 15) is 9.90 Å². The van der Waals surface area contributed by atoms with Crippen molar-refractivity contribution in [3.63, 3.8) is 0 Å². The van der Waals surface area contributed by atoms with Gasteiger partial charge in [0.05, 0.1) is 12.4 Å². The third kappa shape index (κ3) is 1.71. The highest BCUT2D eigenvalue weighted by Gasteiger charge is 2.28. The lowest BCUT2D eigenvalue weighted by atomic mass is 9.98. The van der Waals surface area contributed by atoms with E-state index in [2.05, 4.69) is 0 Å². The molecule has 0 saturated heterocycles. The van der Waals surface area contributed by atoms with Crippen LogP contribution in [-0.4, -0.2) is 17.6 Å². The minimum absolute atomic E-state index is 0.167. The van der Waals surface area contributed by atoms with Crippen molar-refractivity contribution in [1.29, 1.82) is 0 Å². The van der Waals surface area contributed by atoms with Gasteiger partial charge in [0.1, 0.15) is 0 Å². The van der Waals surface area contributed by atoms with Gasteiger partial charge in [0, 0.05) is 17.8 Å². The average molecular weight is 243 g/mol. The van der Waals surface area contributed by atoms with Gasteiger partial charge in [0.25, 0.3) is 5.91 Å². The van der Waals surface area contributed by atoms with Gasteiger partial charge in [-0.3, -0.25) is 4.79 Å². The number of aliphatic hydroxyl groups excluding tert-OH is 1. The highest BCUT2D eigenvalue weighted by molar-refractivity contribution is 6.04. The number of furan rings is 1. The Labute approximate surface area is 104 Å². The molecule has 1 N–H and O–H groups in total. The normalized spacial score (nSPS) is 18.5. The molecule has 3 rings (SSSR count). The Morgan fingerprint density at radius 3 is 2.89 bits per heavy atom. The summed E-state index contributed by atoms with van der Waals surface area (Å²) in [6.45, 7) is 0.498. The van der Waals surface area contributed by atoms with Crippen LogP contribution >= 0.6 is 0 Å². The standard InChI is InChI=1S/C14H13NO3/c16-12-7-8-15(11-5-2-1-4-10(11)12)14(17)13-6-3-9-18-13/h1-6,9,12,16H,7-8H2. The minimum Gasteiger partial charge on any atom is -0.459 e. The van der Waals surface area contributed by atoms with Crippen LogP contribution in [0.1, 0.15) is 28.6 Å². The third-order valence-electron chi connectivity index (χ3n) is 3.19. The molecule has 1 aliphatic rings. The molecule has 4 heteroatoms. The first-order chi connectivity index (χ1) is 8.77. The summed E-state index contributed by atoms with van der Waals surface area (Å²) in [5.41, 5.74) is 1.56. The number of amides is 1. The lowest BCUT2D eigenvalue weighted by Gasteiger charge is -2.31. The molecule has 1 aromatic heterocycles. The lowest BCUT2D eigenvalue weighted by molar-refractivity contribution is 0.0944. The molecule has 1 atom stereocenters. The second kappa shape index (κ2) is 4.31. The molecule has 0 radical (unpaired) electrons. The van der Waals surface area contributed by atoms with E-state index in [0.29, 0.717) is 18.7 Å². The summed E-state index contributed by atoms with van der Waals surface area (Å²) in [5, 5.41) is 9.93. The summed E-state index contributed by atoms with van der Waals surface area (Å²) < 4.78 is 5.14. The molecule has 1 unspecified atom stereocenters. The van der Waals surface area contributed by atoms with E-state index in [1.165, 1.54) is 6.26 Å². The smallest absolute Gasteiger partial charge is 0.293 e. The Morgan fingerprint density at radius 1 is 1.28 bits per heavy atom. The van der Waals surface area contributed by atoms with Gasteiger partial charge in [-0.2, -0.15) is 0 Å². The number of hydrogen-bond acceptors (Lipinski definition) is 3. The van der Waals surface area contributed by atoms with Crippen molar-refractivity contribution in [3.05, 3.63) is 54.0 Å². The molecule has 2 aromatic rings. The first-order valence-corrected chi connectivity index (χ1v) is 5.90. The number of para-hydroxylation sites is 1. The van der Waals surface area contributed by atoms with Crippen molar-refractivity contribution in [2.45, 2.75) is 12.5 Å². The van der Waals surface area contributed by atoms with Crippen molar-refractivity contribution < 1.29 is 14.3 Å². The number of benzene rings is 1. The molecule has 0 fully saturated rings. The number of aliphatic hydroxyl groups is 1. The third-order valence-corrected chi connectivity index (χ3v) is 3.19. The number of carbonyl (C=O) groups is 1. The summed E-state index contributed by atoms with van der Waals surface area (Å²) in [6, 6.07) is 10.8. The van der Waals surface area contributed by atoms with Crippen LogP contribution in [0.2, 0.25) is 0 Å². The first-order valence-electron chi connectivity index (χ1n) is 5.90. The van der Waals surface area contributed by atoms with Gasteiger partial charge in [0.15, 0.2) is 5.76 Å². The fourth-order valence-corrected chi connectivity index (χ4v) is 2.29. The Bertz CT molecular complexity index is 562. The largest absolute Gasteiger partial charge is 0.459 e. The van der Waals surface area contributed by atoms with Gasteiger partial charge in [-0.1, -0.05) is 18.2 Å². The van der Waals surface area contributed by atoms with E-state index in [1.807, 2.05) is 24.3 Å². The molecule has 1 aromatic carbocycles. The van der Waals surface area contributed by atoms with E-state index in [4.69, 9.17) is 4.42 Å². The molecular formula is C14H13NO3. The van der Waals surface area contributed by atoms with E-state index in [-0.39, 0.29) is 5.91 Å². The molecule has 18 heavy (non-hydrogen) atoms.